The predicted molar refractivity (Wildman–Crippen MR) is 116 cm³/mol. The standard InChI is InChI=1S/C22H23N5O3S/c23-13-16-21(30-20(24-16)17-6-4-12-29-17)27-10-8-14(9-11-27)19(28)26-22-25-15-5-2-1-3-7-18(15)31-22/h4,6,12,14H,1-3,5,7-11H2,(H,25,26,28). The summed E-state index contributed by atoms with van der Waals surface area (Å²) in [6.07, 6.45) is 8.61. The van der Waals surface area contributed by atoms with E-state index < -0.39 is 0 Å². The second kappa shape index (κ2) is 8.55. The Labute approximate surface area is 183 Å². The number of nitriles is 1. The van der Waals surface area contributed by atoms with E-state index in [2.05, 4.69) is 21.4 Å². The van der Waals surface area contributed by atoms with E-state index in [1.54, 1.807) is 23.5 Å². The molecule has 1 aliphatic heterocycles. The van der Waals surface area contributed by atoms with Crippen LogP contribution in [0.15, 0.2) is 27.2 Å². The van der Waals surface area contributed by atoms with E-state index in [-0.39, 0.29) is 17.5 Å². The largest absolute Gasteiger partial charge is 0.459 e. The van der Waals surface area contributed by atoms with Crippen molar-refractivity contribution in [1.82, 2.24) is 9.97 Å². The number of thiazole rings is 1. The Balaban J connectivity index is 1.22. The van der Waals surface area contributed by atoms with Crippen LogP contribution in [-0.2, 0) is 17.6 Å². The highest BCUT2D eigenvalue weighted by Gasteiger charge is 2.30. The van der Waals surface area contributed by atoms with Crippen LogP contribution >= 0.6 is 11.3 Å². The van der Waals surface area contributed by atoms with Crippen LogP contribution in [0.1, 0.15) is 48.4 Å². The first-order chi connectivity index (χ1) is 15.2. The van der Waals surface area contributed by atoms with Crippen molar-refractivity contribution in [1.29, 1.82) is 5.26 Å². The van der Waals surface area contributed by atoms with Gasteiger partial charge in [0.15, 0.2) is 10.9 Å². The number of oxazole rings is 1. The van der Waals surface area contributed by atoms with Crippen molar-refractivity contribution >= 4 is 28.3 Å². The van der Waals surface area contributed by atoms with E-state index in [9.17, 15) is 10.1 Å². The quantitative estimate of drug-likeness (QED) is 0.603. The maximum Gasteiger partial charge on any atom is 0.266 e. The smallest absolute Gasteiger partial charge is 0.266 e. The van der Waals surface area contributed by atoms with Crippen LogP contribution in [0.4, 0.5) is 11.0 Å². The molecule has 0 radical (unpaired) electrons. The SMILES string of the molecule is N#Cc1nc(-c2ccco2)oc1N1CCC(C(=O)Nc2nc3c(s2)CCCCC3)CC1. The van der Waals surface area contributed by atoms with Gasteiger partial charge in [-0.05, 0) is 50.7 Å². The number of carbonyl (C=O) groups is 1. The topological polar surface area (TPSA) is 108 Å². The van der Waals surface area contributed by atoms with Gasteiger partial charge in [0, 0.05) is 23.9 Å². The lowest BCUT2D eigenvalue weighted by molar-refractivity contribution is -0.120. The predicted octanol–water partition coefficient (Wildman–Crippen LogP) is 4.39. The Bertz CT molecular complexity index is 1080. The molecule has 0 atom stereocenters. The number of fused-ring (bicyclic) bond motifs is 1. The monoisotopic (exact) mass is 437 g/mol. The number of rotatable bonds is 4. The normalized spacial score (nSPS) is 17.1. The van der Waals surface area contributed by atoms with Gasteiger partial charge in [0.05, 0.1) is 12.0 Å². The Hall–Kier alpha value is -3.12. The Morgan fingerprint density at radius 2 is 2.06 bits per heavy atom. The molecule has 1 saturated heterocycles. The van der Waals surface area contributed by atoms with Gasteiger partial charge >= 0.3 is 0 Å². The Kier molecular flexibility index (Phi) is 5.47. The summed E-state index contributed by atoms with van der Waals surface area (Å²) in [4.78, 5) is 25.0. The first-order valence-corrected chi connectivity index (χ1v) is 11.5. The second-order valence-electron chi connectivity index (χ2n) is 7.96. The molecule has 9 heteroatoms. The van der Waals surface area contributed by atoms with Crippen molar-refractivity contribution in [2.24, 2.45) is 5.92 Å². The molecule has 1 N–H and O–H groups in total. The average molecular weight is 438 g/mol. The number of hydrogen-bond donors (Lipinski definition) is 1. The van der Waals surface area contributed by atoms with Gasteiger partial charge in [0.1, 0.15) is 6.07 Å². The number of carbonyl (C=O) groups excluding carboxylic acids is 1. The summed E-state index contributed by atoms with van der Waals surface area (Å²) in [6, 6.07) is 5.58. The molecule has 4 heterocycles. The summed E-state index contributed by atoms with van der Waals surface area (Å²) in [6.45, 7) is 1.24. The number of nitrogens with zero attached hydrogens (tertiary/aromatic N) is 4. The lowest BCUT2D eigenvalue weighted by Crippen LogP contribution is -2.38. The fraction of sp³-hybridized carbons (Fsp3) is 0.455. The molecule has 0 bridgehead atoms. The number of anilines is 2. The molecule has 1 amide bonds. The summed E-state index contributed by atoms with van der Waals surface area (Å²) < 4.78 is 11.1. The number of aromatic nitrogens is 2. The molecule has 8 nitrogen and oxygen atoms in total. The van der Waals surface area contributed by atoms with Crippen LogP contribution in [-0.4, -0.2) is 29.0 Å². The van der Waals surface area contributed by atoms with Gasteiger partial charge in [0.25, 0.3) is 5.89 Å². The molecule has 0 aromatic carbocycles. The van der Waals surface area contributed by atoms with Crippen molar-refractivity contribution in [2.45, 2.75) is 44.9 Å². The molecule has 0 unspecified atom stereocenters. The van der Waals surface area contributed by atoms with Crippen LogP contribution in [0.5, 0.6) is 0 Å². The van der Waals surface area contributed by atoms with Gasteiger partial charge in [-0.25, -0.2) is 4.98 Å². The van der Waals surface area contributed by atoms with Gasteiger partial charge in [0.2, 0.25) is 17.5 Å². The first-order valence-electron chi connectivity index (χ1n) is 10.7. The summed E-state index contributed by atoms with van der Waals surface area (Å²) >= 11 is 1.62. The zero-order chi connectivity index (χ0) is 21.2. The molecule has 2 aliphatic rings. The van der Waals surface area contributed by atoms with Crippen molar-refractivity contribution in [3.8, 4) is 17.7 Å². The molecule has 160 valence electrons. The van der Waals surface area contributed by atoms with E-state index in [1.807, 2.05) is 4.90 Å². The zero-order valence-corrected chi connectivity index (χ0v) is 17.9. The number of hydrogen-bond acceptors (Lipinski definition) is 8. The fourth-order valence-electron chi connectivity index (χ4n) is 4.24. The highest BCUT2D eigenvalue weighted by Crippen LogP contribution is 2.33. The molecule has 3 aromatic heterocycles. The Morgan fingerprint density at radius 3 is 2.84 bits per heavy atom. The lowest BCUT2D eigenvalue weighted by Gasteiger charge is -2.30. The second-order valence-corrected chi connectivity index (χ2v) is 9.05. The summed E-state index contributed by atoms with van der Waals surface area (Å²) in [5.74, 6) is 1.16. The number of furan rings is 1. The fourth-order valence-corrected chi connectivity index (χ4v) is 5.29. The summed E-state index contributed by atoms with van der Waals surface area (Å²) in [5, 5.41) is 13.2. The van der Waals surface area contributed by atoms with Gasteiger partial charge in [-0.3, -0.25) is 4.79 Å². The molecule has 0 spiro atoms. The molecule has 1 fully saturated rings. The highest BCUT2D eigenvalue weighted by atomic mass is 32.1. The van der Waals surface area contributed by atoms with Gasteiger partial charge < -0.3 is 19.1 Å². The minimum absolute atomic E-state index is 0.0258. The van der Waals surface area contributed by atoms with Crippen molar-refractivity contribution in [2.75, 3.05) is 23.3 Å². The van der Waals surface area contributed by atoms with Crippen molar-refractivity contribution in [3.05, 3.63) is 34.7 Å². The molecular formula is C22H23N5O3S. The molecule has 1 aliphatic carbocycles. The van der Waals surface area contributed by atoms with E-state index in [1.165, 1.54) is 30.4 Å². The summed E-state index contributed by atoms with van der Waals surface area (Å²) in [7, 11) is 0. The third-order valence-corrected chi connectivity index (χ3v) is 7.00. The van der Waals surface area contributed by atoms with Gasteiger partial charge in [-0.15, -0.1) is 11.3 Å². The summed E-state index contributed by atoms with van der Waals surface area (Å²) in [5.41, 5.74) is 1.40. The minimum Gasteiger partial charge on any atom is -0.459 e. The average Bonchev–Trinajstić information content (AvgIpc) is 3.51. The van der Waals surface area contributed by atoms with Crippen LogP contribution < -0.4 is 10.2 Å². The molecular weight excluding hydrogens is 414 g/mol. The van der Waals surface area contributed by atoms with Crippen molar-refractivity contribution in [3.63, 3.8) is 0 Å². The zero-order valence-electron chi connectivity index (χ0n) is 17.1. The third kappa shape index (κ3) is 4.08. The molecule has 31 heavy (non-hydrogen) atoms. The van der Waals surface area contributed by atoms with Crippen LogP contribution in [0, 0.1) is 17.2 Å². The number of aryl methyl sites for hydroxylation is 2. The number of piperidine rings is 1. The van der Waals surface area contributed by atoms with Crippen LogP contribution in [0.2, 0.25) is 0 Å². The lowest BCUT2D eigenvalue weighted by atomic mass is 9.96. The van der Waals surface area contributed by atoms with E-state index >= 15 is 0 Å². The molecule has 0 saturated carbocycles. The van der Waals surface area contributed by atoms with Crippen LogP contribution in [0.25, 0.3) is 11.7 Å². The van der Waals surface area contributed by atoms with E-state index in [0.29, 0.717) is 43.5 Å². The third-order valence-electron chi connectivity index (χ3n) is 5.93. The van der Waals surface area contributed by atoms with E-state index in [4.69, 9.17) is 8.83 Å². The van der Waals surface area contributed by atoms with E-state index in [0.717, 1.165) is 23.7 Å². The van der Waals surface area contributed by atoms with Gasteiger partial charge in [-0.1, -0.05) is 6.42 Å². The maximum absolute atomic E-state index is 12.8. The number of nitrogens with one attached hydrogen (secondary N) is 1. The maximum atomic E-state index is 12.8. The molecule has 3 aromatic rings. The Morgan fingerprint density at radius 1 is 1.23 bits per heavy atom. The molecule has 5 rings (SSSR count). The van der Waals surface area contributed by atoms with Crippen LogP contribution in [0.3, 0.4) is 0 Å². The van der Waals surface area contributed by atoms with Crippen molar-refractivity contribution < 1.29 is 13.6 Å². The first kappa shape index (κ1) is 19.8. The number of amides is 1. The highest BCUT2D eigenvalue weighted by molar-refractivity contribution is 7.15. The van der Waals surface area contributed by atoms with Gasteiger partial charge in [-0.2, -0.15) is 10.2 Å². The minimum atomic E-state index is -0.0852.